The van der Waals surface area contributed by atoms with Crippen LogP contribution in [0.3, 0.4) is 0 Å². The van der Waals surface area contributed by atoms with Crippen LogP contribution >= 0.6 is 0 Å². The van der Waals surface area contributed by atoms with Crippen molar-refractivity contribution in [2.45, 2.75) is 16.6 Å². The molecule has 1 unspecified atom stereocenters. The van der Waals surface area contributed by atoms with Crippen molar-refractivity contribution in [3.63, 3.8) is 0 Å². The first-order chi connectivity index (χ1) is 13.1. The van der Waals surface area contributed by atoms with Crippen molar-refractivity contribution in [2.24, 2.45) is 0 Å². The van der Waals surface area contributed by atoms with Crippen LogP contribution in [0.15, 0.2) is 53.4 Å². The molecule has 3 rings (SSSR count). The second-order valence-corrected chi connectivity index (χ2v) is 10.5. The second kappa shape index (κ2) is 7.57. The lowest BCUT2D eigenvalue weighted by atomic mass is 10.1. The standard InChI is InChI=1S/C17H17FN2O6S2/c18-14-6-2-1-5-13(14)16-9-10-19(11-12-27(16,23)24)28(25,26)17-8-4-3-7-15(17)20(21)22/h1-8,16H,9-12H2. The van der Waals surface area contributed by atoms with Gasteiger partial charge in [-0.05, 0) is 18.6 Å². The molecule has 0 aromatic heterocycles. The SMILES string of the molecule is O=[N+]([O-])c1ccccc1S(=O)(=O)N1CCC(c2ccccc2F)S(=O)(=O)CC1. The number of benzene rings is 2. The molecule has 11 heteroatoms. The molecule has 0 N–H and O–H groups in total. The molecule has 1 fully saturated rings. The number of nitro groups is 1. The summed E-state index contributed by atoms with van der Waals surface area (Å²) in [7, 11) is -8.11. The molecule has 1 saturated heterocycles. The van der Waals surface area contributed by atoms with Gasteiger partial charge in [-0.25, -0.2) is 21.2 Å². The number of nitrogens with zero attached hydrogens (tertiary/aromatic N) is 2. The average Bonchev–Trinajstić information content (AvgIpc) is 2.80. The van der Waals surface area contributed by atoms with E-state index in [-0.39, 0.29) is 25.1 Å². The Bertz CT molecular complexity index is 1120. The minimum atomic E-state index is -4.29. The smallest absolute Gasteiger partial charge is 0.258 e. The maximum atomic E-state index is 14.1. The van der Waals surface area contributed by atoms with Gasteiger partial charge in [-0.15, -0.1) is 0 Å². The predicted molar refractivity (Wildman–Crippen MR) is 99.4 cm³/mol. The minimum Gasteiger partial charge on any atom is -0.258 e. The monoisotopic (exact) mass is 428 g/mol. The molecule has 2 aromatic carbocycles. The number of nitro benzene ring substituents is 1. The first kappa shape index (κ1) is 20.4. The van der Waals surface area contributed by atoms with Crippen LogP contribution in [0.25, 0.3) is 0 Å². The zero-order chi connectivity index (χ0) is 20.5. The van der Waals surface area contributed by atoms with E-state index in [1.807, 2.05) is 0 Å². The highest BCUT2D eigenvalue weighted by Gasteiger charge is 2.38. The van der Waals surface area contributed by atoms with Gasteiger partial charge in [-0.1, -0.05) is 30.3 Å². The van der Waals surface area contributed by atoms with E-state index in [1.165, 1.54) is 30.3 Å². The van der Waals surface area contributed by atoms with Crippen LogP contribution in [0.2, 0.25) is 0 Å². The van der Waals surface area contributed by atoms with E-state index in [2.05, 4.69) is 0 Å². The maximum absolute atomic E-state index is 14.1. The molecule has 150 valence electrons. The Morgan fingerprint density at radius 1 is 1.07 bits per heavy atom. The third kappa shape index (κ3) is 3.77. The number of hydrogen-bond acceptors (Lipinski definition) is 6. The number of sulfone groups is 1. The summed E-state index contributed by atoms with van der Waals surface area (Å²) in [4.78, 5) is 9.88. The zero-order valence-electron chi connectivity index (χ0n) is 14.6. The van der Waals surface area contributed by atoms with Crippen LogP contribution in [-0.2, 0) is 19.9 Å². The van der Waals surface area contributed by atoms with Crippen LogP contribution in [0.1, 0.15) is 17.2 Å². The van der Waals surface area contributed by atoms with Crippen LogP contribution in [0.4, 0.5) is 10.1 Å². The fraction of sp³-hybridized carbons (Fsp3) is 0.294. The van der Waals surface area contributed by atoms with Crippen molar-refractivity contribution in [3.8, 4) is 0 Å². The normalized spacial score (nSPS) is 20.4. The van der Waals surface area contributed by atoms with Gasteiger partial charge in [0.2, 0.25) is 10.0 Å². The van der Waals surface area contributed by atoms with E-state index < -0.39 is 52.2 Å². The summed E-state index contributed by atoms with van der Waals surface area (Å²) in [6, 6.07) is 10.4. The molecule has 1 aliphatic rings. The molecule has 0 spiro atoms. The lowest BCUT2D eigenvalue weighted by molar-refractivity contribution is -0.387. The van der Waals surface area contributed by atoms with Crippen LogP contribution in [-0.4, -0.2) is 44.9 Å². The molecule has 1 aliphatic heterocycles. The molecule has 0 aliphatic carbocycles. The Hall–Kier alpha value is -2.37. The van der Waals surface area contributed by atoms with Gasteiger partial charge in [0.25, 0.3) is 5.69 Å². The molecule has 2 aromatic rings. The Balaban J connectivity index is 1.97. The fourth-order valence-electron chi connectivity index (χ4n) is 3.21. The molecule has 0 radical (unpaired) electrons. The van der Waals surface area contributed by atoms with Gasteiger partial charge in [0.05, 0.1) is 15.9 Å². The van der Waals surface area contributed by atoms with Crippen molar-refractivity contribution in [1.82, 2.24) is 4.31 Å². The summed E-state index contributed by atoms with van der Waals surface area (Å²) in [5.41, 5.74) is -0.590. The molecular formula is C17H17FN2O6S2. The summed E-state index contributed by atoms with van der Waals surface area (Å²) in [5, 5.41) is 10.0. The van der Waals surface area contributed by atoms with Crippen LogP contribution < -0.4 is 0 Å². The van der Waals surface area contributed by atoms with E-state index in [1.54, 1.807) is 0 Å². The van der Waals surface area contributed by atoms with Gasteiger partial charge in [0.1, 0.15) is 5.82 Å². The molecule has 0 bridgehead atoms. The van der Waals surface area contributed by atoms with Crippen molar-refractivity contribution < 1.29 is 26.1 Å². The Morgan fingerprint density at radius 3 is 2.39 bits per heavy atom. The van der Waals surface area contributed by atoms with E-state index >= 15 is 0 Å². The lowest BCUT2D eigenvalue weighted by Gasteiger charge is -2.19. The molecule has 8 nitrogen and oxygen atoms in total. The number of para-hydroxylation sites is 1. The van der Waals surface area contributed by atoms with E-state index in [0.717, 1.165) is 22.5 Å². The van der Waals surface area contributed by atoms with Crippen molar-refractivity contribution in [1.29, 1.82) is 0 Å². The molecule has 1 heterocycles. The predicted octanol–water partition coefficient (Wildman–Crippen LogP) is 2.28. The Kier molecular flexibility index (Phi) is 5.50. The molecule has 28 heavy (non-hydrogen) atoms. The highest BCUT2D eigenvalue weighted by atomic mass is 32.2. The van der Waals surface area contributed by atoms with Gasteiger partial charge in [0, 0.05) is 24.7 Å². The average molecular weight is 428 g/mol. The van der Waals surface area contributed by atoms with Gasteiger partial charge >= 0.3 is 0 Å². The summed E-state index contributed by atoms with van der Waals surface area (Å²) >= 11 is 0. The number of halogens is 1. The van der Waals surface area contributed by atoms with Crippen LogP contribution in [0.5, 0.6) is 0 Å². The highest BCUT2D eigenvalue weighted by molar-refractivity contribution is 7.92. The Morgan fingerprint density at radius 2 is 1.71 bits per heavy atom. The number of rotatable bonds is 4. The van der Waals surface area contributed by atoms with Gasteiger partial charge in [0.15, 0.2) is 14.7 Å². The zero-order valence-corrected chi connectivity index (χ0v) is 16.2. The summed E-state index contributed by atoms with van der Waals surface area (Å²) in [5.74, 6) is -1.18. The minimum absolute atomic E-state index is 0.00700. The largest absolute Gasteiger partial charge is 0.289 e. The maximum Gasteiger partial charge on any atom is 0.289 e. The van der Waals surface area contributed by atoms with E-state index in [9.17, 15) is 31.3 Å². The number of sulfonamides is 1. The number of hydrogen-bond donors (Lipinski definition) is 0. The van der Waals surface area contributed by atoms with Gasteiger partial charge < -0.3 is 0 Å². The van der Waals surface area contributed by atoms with Crippen LogP contribution in [0, 0.1) is 15.9 Å². The first-order valence-electron chi connectivity index (χ1n) is 8.34. The fourth-order valence-corrected chi connectivity index (χ4v) is 6.75. The molecule has 0 saturated carbocycles. The lowest BCUT2D eigenvalue weighted by Crippen LogP contribution is -2.34. The highest BCUT2D eigenvalue weighted by Crippen LogP contribution is 2.34. The summed E-state index contributed by atoms with van der Waals surface area (Å²) in [6.45, 7) is -0.561. The third-order valence-electron chi connectivity index (χ3n) is 4.63. The molecule has 0 amide bonds. The topological polar surface area (TPSA) is 115 Å². The van der Waals surface area contributed by atoms with Crippen molar-refractivity contribution >= 4 is 25.5 Å². The molecule has 1 atom stereocenters. The summed E-state index contributed by atoms with van der Waals surface area (Å²) < 4.78 is 66.2. The Labute approximate surface area is 161 Å². The van der Waals surface area contributed by atoms with E-state index in [4.69, 9.17) is 0 Å². The van der Waals surface area contributed by atoms with Crippen molar-refractivity contribution in [3.05, 3.63) is 70.0 Å². The quantitative estimate of drug-likeness (QED) is 0.545. The second-order valence-electron chi connectivity index (χ2n) is 6.29. The molecular weight excluding hydrogens is 411 g/mol. The first-order valence-corrected chi connectivity index (χ1v) is 11.5. The summed E-state index contributed by atoms with van der Waals surface area (Å²) in [6.07, 6.45) is -0.150. The van der Waals surface area contributed by atoms with Crippen molar-refractivity contribution in [2.75, 3.05) is 18.8 Å². The van der Waals surface area contributed by atoms with Gasteiger partial charge in [-0.3, -0.25) is 10.1 Å². The van der Waals surface area contributed by atoms with E-state index in [0.29, 0.717) is 0 Å². The van der Waals surface area contributed by atoms with Gasteiger partial charge in [-0.2, -0.15) is 4.31 Å². The third-order valence-corrected chi connectivity index (χ3v) is 8.69.